The summed E-state index contributed by atoms with van der Waals surface area (Å²) in [4.78, 5) is 13.7. The zero-order valence-electron chi connectivity index (χ0n) is 11.6. The Labute approximate surface area is 113 Å². The van der Waals surface area contributed by atoms with Crippen molar-refractivity contribution in [3.05, 3.63) is 23.7 Å². The number of hydrogen-bond donors (Lipinski definition) is 1. The largest absolute Gasteiger partial charge is 0.463 e. The number of hydrogen-bond acceptors (Lipinski definition) is 5. The van der Waals surface area contributed by atoms with Gasteiger partial charge in [0.2, 0.25) is 5.76 Å². The van der Waals surface area contributed by atoms with Crippen LogP contribution in [0.4, 0.5) is 0 Å². The number of rotatable bonds is 4. The highest BCUT2D eigenvalue weighted by atomic mass is 16.5. The average molecular weight is 266 g/mol. The molecule has 5 heteroatoms. The summed E-state index contributed by atoms with van der Waals surface area (Å²) in [5, 5.41) is 0. The number of carbonyl (C=O) groups is 1. The molecule has 0 aromatic carbocycles. The lowest BCUT2D eigenvalue weighted by Crippen LogP contribution is -2.43. The van der Waals surface area contributed by atoms with Crippen molar-refractivity contribution in [3.63, 3.8) is 0 Å². The monoisotopic (exact) mass is 266 g/mol. The van der Waals surface area contributed by atoms with Crippen molar-refractivity contribution in [2.24, 2.45) is 11.7 Å². The summed E-state index contributed by atoms with van der Waals surface area (Å²) < 4.78 is 10.1. The Hall–Kier alpha value is -1.33. The van der Waals surface area contributed by atoms with Crippen LogP contribution >= 0.6 is 0 Å². The summed E-state index contributed by atoms with van der Waals surface area (Å²) in [6.45, 7) is 4.66. The molecule has 0 saturated carbocycles. The number of carbonyl (C=O) groups excluding carboxylic acids is 1. The van der Waals surface area contributed by atoms with E-state index in [1.165, 1.54) is 13.5 Å². The molecule has 1 aromatic rings. The third-order valence-electron chi connectivity index (χ3n) is 3.85. The molecule has 0 aliphatic carbocycles. The number of nitrogens with zero attached hydrogens (tertiary/aromatic N) is 1. The number of methoxy groups -OCH3 is 1. The summed E-state index contributed by atoms with van der Waals surface area (Å²) >= 11 is 0. The quantitative estimate of drug-likeness (QED) is 0.839. The van der Waals surface area contributed by atoms with E-state index in [9.17, 15) is 4.79 Å². The summed E-state index contributed by atoms with van der Waals surface area (Å²) in [5.74, 6) is 1.19. The fourth-order valence-electron chi connectivity index (χ4n) is 2.55. The van der Waals surface area contributed by atoms with Gasteiger partial charge in [-0.25, -0.2) is 4.79 Å². The molecule has 5 nitrogen and oxygen atoms in total. The third-order valence-corrected chi connectivity index (χ3v) is 3.85. The zero-order valence-corrected chi connectivity index (χ0v) is 11.6. The lowest BCUT2D eigenvalue weighted by atomic mass is 9.93. The Morgan fingerprint density at radius 1 is 1.53 bits per heavy atom. The number of furan rings is 1. The second-order valence-electron chi connectivity index (χ2n) is 5.22. The fraction of sp³-hybridized carbons (Fsp3) is 0.643. The maximum Gasteiger partial charge on any atom is 0.373 e. The lowest BCUT2D eigenvalue weighted by molar-refractivity contribution is 0.0556. The Morgan fingerprint density at radius 3 is 3.00 bits per heavy atom. The predicted molar refractivity (Wildman–Crippen MR) is 71.7 cm³/mol. The normalized spacial score (nSPS) is 24.4. The summed E-state index contributed by atoms with van der Waals surface area (Å²) in [5.41, 5.74) is 5.75. The molecule has 2 heterocycles. The van der Waals surface area contributed by atoms with Gasteiger partial charge in [-0.05, 0) is 44.4 Å². The van der Waals surface area contributed by atoms with E-state index in [1.807, 2.05) is 6.07 Å². The van der Waals surface area contributed by atoms with Gasteiger partial charge in [-0.1, -0.05) is 0 Å². The van der Waals surface area contributed by atoms with Gasteiger partial charge in [-0.2, -0.15) is 0 Å². The van der Waals surface area contributed by atoms with Gasteiger partial charge in [0.1, 0.15) is 5.76 Å². The number of nitrogens with two attached hydrogens (primary N) is 1. The first-order valence-electron chi connectivity index (χ1n) is 6.75. The first kappa shape index (κ1) is 14.1. The Bertz CT molecular complexity index is 430. The fourth-order valence-corrected chi connectivity index (χ4v) is 2.55. The van der Waals surface area contributed by atoms with Crippen LogP contribution in [0.25, 0.3) is 0 Å². The minimum Gasteiger partial charge on any atom is -0.463 e. The highest BCUT2D eigenvalue weighted by Gasteiger charge is 2.25. The van der Waals surface area contributed by atoms with E-state index in [4.69, 9.17) is 10.2 Å². The molecule has 0 spiro atoms. The van der Waals surface area contributed by atoms with E-state index in [0.29, 0.717) is 18.5 Å². The van der Waals surface area contributed by atoms with E-state index in [0.717, 1.165) is 25.3 Å². The Morgan fingerprint density at radius 2 is 2.32 bits per heavy atom. The minimum atomic E-state index is -0.433. The molecule has 1 aromatic heterocycles. The molecule has 2 unspecified atom stereocenters. The average Bonchev–Trinajstić information content (AvgIpc) is 2.89. The van der Waals surface area contributed by atoms with Crippen LogP contribution in [0.3, 0.4) is 0 Å². The van der Waals surface area contributed by atoms with Crippen molar-refractivity contribution in [1.29, 1.82) is 0 Å². The van der Waals surface area contributed by atoms with Crippen LogP contribution in [-0.4, -0.2) is 37.1 Å². The molecule has 0 amide bonds. The molecule has 2 rings (SSSR count). The maximum absolute atomic E-state index is 11.3. The van der Waals surface area contributed by atoms with Crippen molar-refractivity contribution in [1.82, 2.24) is 4.90 Å². The molecule has 1 saturated heterocycles. The van der Waals surface area contributed by atoms with Crippen LogP contribution in [-0.2, 0) is 11.3 Å². The Kier molecular flexibility index (Phi) is 4.61. The van der Waals surface area contributed by atoms with Gasteiger partial charge in [0.15, 0.2) is 0 Å². The van der Waals surface area contributed by atoms with Crippen molar-refractivity contribution >= 4 is 5.97 Å². The van der Waals surface area contributed by atoms with Crippen molar-refractivity contribution in [2.45, 2.75) is 32.4 Å². The van der Waals surface area contributed by atoms with Gasteiger partial charge in [0.05, 0.1) is 13.7 Å². The van der Waals surface area contributed by atoms with Crippen LogP contribution < -0.4 is 5.73 Å². The lowest BCUT2D eigenvalue weighted by Gasteiger charge is -2.37. The maximum atomic E-state index is 11.3. The standard InChI is InChI=1S/C14H22N2O3/c1-10-3-4-11(7-15)8-16(10)9-12-5-6-13(19-12)14(17)18-2/h5-6,10-11H,3-4,7-9,15H2,1-2H3. The molecule has 1 fully saturated rings. The molecule has 106 valence electrons. The van der Waals surface area contributed by atoms with Gasteiger partial charge in [-0.15, -0.1) is 0 Å². The first-order chi connectivity index (χ1) is 9.13. The van der Waals surface area contributed by atoms with E-state index >= 15 is 0 Å². The summed E-state index contributed by atoms with van der Waals surface area (Å²) in [6.07, 6.45) is 2.35. The molecule has 19 heavy (non-hydrogen) atoms. The van der Waals surface area contributed by atoms with Crippen LogP contribution in [0, 0.1) is 5.92 Å². The number of likely N-dealkylation sites (tertiary alicyclic amines) is 1. The molecule has 1 aliphatic rings. The van der Waals surface area contributed by atoms with Crippen molar-refractivity contribution in [2.75, 3.05) is 20.2 Å². The Balaban J connectivity index is 1.99. The minimum absolute atomic E-state index is 0.262. The second kappa shape index (κ2) is 6.21. The highest BCUT2D eigenvalue weighted by Crippen LogP contribution is 2.23. The molecular weight excluding hydrogens is 244 g/mol. The zero-order chi connectivity index (χ0) is 13.8. The van der Waals surface area contributed by atoms with Gasteiger partial charge >= 0.3 is 5.97 Å². The SMILES string of the molecule is COC(=O)c1ccc(CN2CC(CN)CCC2C)o1. The van der Waals surface area contributed by atoms with Gasteiger partial charge in [0, 0.05) is 12.6 Å². The molecule has 0 bridgehead atoms. The molecular formula is C14H22N2O3. The smallest absolute Gasteiger partial charge is 0.373 e. The van der Waals surface area contributed by atoms with Gasteiger partial charge < -0.3 is 14.9 Å². The summed E-state index contributed by atoms with van der Waals surface area (Å²) in [7, 11) is 1.35. The van der Waals surface area contributed by atoms with Crippen LogP contribution in [0.2, 0.25) is 0 Å². The van der Waals surface area contributed by atoms with Crippen LogP contribution in [0.1, 0.15) is 36.1 Å². The highest BCUT2D eigenvalue weighted by molar-refractivity contribution is 5.86. The molecule has 0 radical (unpaired) electrons. The van der Waals surface area contributed by atoms with E-state index < -0.39 is 5.97 Å². The predicted octanol–water partition coefficient (Wildman–Crippen LogP) is 1.63. The molecule has 2 N–H and O–H groups in total. The van der Waals surface area contributed by atoms with E-state index in [2.05, 4.69) is 16.6 Å². The topological polar surface area (TPSA) is 68.7 Å². The number of ether oxygens (including phenoxy) is 1. The molecule has 2 atom stereocenters. The van der Waals surface area contributed by atoms with Gasteiger partial charge in [-0.3, -0.25) is 4.90 Å². The van der Waals surface area contributed by atoms with E-state index in [-0.39, 0.29) is 5.76 Å². The van der Waals surface area contributed by atoms with Crippen LogP contribution in [0.5, 0.6) is 0 Å². The number of esters is 1. The van der Waals surface area contributed by atoms with Crippen molar-refractivity contribution < 1.29 is 13.9 Å². The van der Waals surface area contributed by atoms with Crippen molar-refractivity contribution in [3.8, 4) is 0 Å². The second-order valence-corrected chi connectivity index (χ2v) is 5.22. The number of piperidine rings is 1. The third kappa shape index (κ3) is 3.36. The van der Waals surface area contributed by atoms with Gasteiger partial charge in [0.25, 0.3) is 0 Å². The molecule has 1 aliphatic heterocycles. The summed E-state index contributed by atoms with van der Waals surface area (Å²) in [6, 6.07) is 4.02. The first-order valence-corrected chi connectivity index (χ1v) is 6.75. The van der Waals surface area contributed by atoms with E-state index in [1.54, 1.807) is 6.07 Å². The van der Waals surface area contributed by atoms with Crippen LogP contribution in [0.15, 0.2) is 16.5 Å².